The molecule has 0 bridgehead atoms. The minimum absolute atomic E-state index is 0.0695. The number of aryl methyl sites for hydroxylation is 1. The van der Waals surface area contributed by atoms with Gasteiger partial charge in [0.15, 0.2) is 23.2 Å². The maximum absolute atomic E-state index is 14.7. The predicted molar refractivity (Wildman–Crippen MR) is 138 cm³/mol. The third kappa shape index (κ3) is 6.13. The molecular weight excluding hydrogens is 480 g/mol. The summed E-state index contributed by atoms with van der Waals surface area (Å²) in [5.41, 5.74) is 2.39. The minimum atomic E-state index is -1.03. The third-order valence-electron chi connectivity index (χ3n) is 6.14. The SMILES string of the molecule is CCCCCOc1ccc(-c2ccc(OCc3ccc(-c4ccc(C)cc4)c(F)c3F)cc2)c(F)c1F. The van der Waals surface area contributed by atoms with Gasteiger partial charge in [0, 0.05) is 16.7 Å². The Labute approximate surface area is 214 Å². The fourth-order valence-electron chi connectivity index (χ4n) is 3.95. The molecule has 0 unspecified atom stereocenters. The van der Waals surface area contributed by atoms with Crippen LogP contribution in [0.25, 0.3) is 22.3 Å². The molecule has 2 nitrogen and oxygen atoms in total. The van der Waals surface area contributed by atoms with Gasteiger partial charge in [-0.25, -0.2) is 13.2 Å². The molecule has 37 heavy (non-hydrogen) atoms. The van der Waals surface area contributed by atoms with Crippen molar-refractivity contribution in [2.45, 2.75) is 39.7 Å². The normalized spacial score (nSPS) is 11.0. The molecule has 0 fully saturated rings. The van der Waals surface area contributed by atoms with Crippen LogP contribution in [0.3, 0.4) is 0 Å². The Balaban J connectivity index is 1.43. The van der Waals surface area contributed by atoms with Crippen LogP contribution < -0.4 is 9.47 Å². The molecule has 0 radical (unpaired) electrons. The summed E-state index contributed by atoms with van der Waals surface area (Å²) in [5, 5.41) is 0. The van der Waals surface area contributed by atoms with Gasteiger partial charge in [-0.15, -0.1) is 0 Å². The number of benzene rings is 4. The van der Waals surface area contributed by atoms with Crippen LogP contribution in [0.1, 0.15) is 37.3 Å². The second-order valence-corrected chi connectivity index (χ2v) is 8.87. The van der Waals surface area contributed by atoms with Gasteiger partial charge in [0.2, 0.25) is 5.82 Å². The summed E-state index contributed by atoms with van der Waals surface area (Å²) in [7, 11) is 0. The molecular formula is C31H28F4O2. The van der Waals surface area contributed by atoms with Crippen LogP contribution >= 0.6 is 0 Å². The summed E-state index contributed by atoms with van der Waals surface area (Å²) in [6.45, 7) is 4.11. The molecule has 0 saturated carbocycles. The Morgan fingerprint density at radius 2 is 1.19 bits per heavy atom. The highest BCUT2D eigenvalue weighted by atomic mass is 19.2. The first-order valence-electron chi connectivity index (χ1n) is 12.3. The van der Waals surface area contributed by atoms with Crippen molar-refractivity contribution >= 4 is 0 Å². The molecule has 0 aromatic heterocycles. The van der Waals surface area contributed by atoms with Crippen molar-refractivity contribution in [1.29, 1.82) is 0 Å². The van der Waals surface area contributed by atoms with Gasteiger partial charge in [0.05, 0.1) is 6.61 Å². The Bertz CT molecular complexity index is 1350. The first kappa shape index (κ1) is 26.3. The van der Waals surface area contributed by atoms with E-state index in [1.165, 1.54) is 24.3 Å². The molecule has 4 rings (SSSR count). The topological polar surface area (TPSA) is 18.5 Å². The van der Waals surface area contributed by atoms with Crippen molar-refractivity contribution in [3.05, 3.63) is 107 Å². The lowest BCUT2D eigenvalue weighted by Gasteiger charge is -2.12. The van der Waals surface area contributed by atoms with Gasteiger partial charge in [0.1, 0.15) is 12.4 Å². The van der Waals surface area contributed by atoms with Crippen LogP contribution in [-0.4, -0.2) is 6.61 Å². The Morgan fingerprint density at radius 1 is 0.595 bits per heavy atom. The average molecular weight is 509 g/mol. The molecule has 0 atom stereocenters. The van der Waals surface area contributed by atoms with Gasteiger partial charge in [-0.2, -0.15) is 4.39 Å². The average Bonchev–Trinajstić information content (AvgIpc) is 2.91. The van der Waals surface area contributed by atoms with Crippen LogP contribution in [0.2, 0.25) is 0 Å². The highest BCUT2D eigenvalue weighted by Crippen LogP contribution is 2.32. The van der Waals surface area contributed by atoms with Gasteiger partial charge < -0.3 is 9.47 Å². The summed E-state index contributed by atoms with van der Waals surface area (Å²) in [6.07, 6.45) is 2.73. The van der Waals surface area contributed by atoms with E-state index in [9.17, 15) is 17.6 Å². The van der Waals surface area contributed by atoms with Crippen molar-refractivity contribution in [3.63, 3.8) is 0 Å². The molecule has 0 heterocycles. The zero-order chi connectivity index (χ0) is 26.4. The minimum Gasteiger partial charge on any atom is -0.490 e. The quantitative estimate of drug-likeness (QED) is 0.157. The van der Waals surface area contributed by atoms with E-state index in [-0.39, 0.29) is 29.0 Å². The zero-order valence-corrected chi connectivity index (χ0v) is 20.8. The Kier molecular flexibility index (Phi) is 8.49. The van der Waals surface area contributed by atoms with E-state index < -0.39 is 23.3 Å². The molecule has 0 saturated heterocycles. The maximum atomic E-state index is 14.7. The van der Waals surface area contributed by atoms with E-state index in [0.29, 0.717) is 23.5 Å². The van der Waals surface area contributed by atoms with E-state index in [0.717, 1.165) is 24.8 Å². The number of ether oxygens (including phenoxy) is 2. The van der Waals surface area contributed by atoms with Gasteiger partial charge in [-0.3, -0.25) is 0 Å². The fourth-order valence-corrected chi connectivity index (χ4v) is 3.95. The monoisotopic (exact) mass is 508 g/mol. The first-order chi connectivity index (χ1) is 17.9. The summed E-state index contributed by atoms with van der Waals surface area (Å²) < 4.78 is 69.6. The number of halogens is 4. The molecule has 0 aliphatic rings. The molecule has 0 amide bonds. The highest BCUT2D eigenvalue weighted by molar-refractivity contribution is 5.66. The number of unbranched alkanes of at least 4 members (excludes halogenated alkanes) is 2. The molecule has 0 aliphatic heterocycles. The predicted octanol–water partition coefficient (Wildman–Crippen LogP) is 9.03. The van der Waals surface area contributed by atoms with Crippen molar-refractivity contribution in [3.8, 4) is 33.8 Å². The molecule has 192 valence electrons. The lowest BCUT2D eigenvalue weighted by Crippen LogP contribution is -2.02. The molecule has 0 aliphatic carbocycles. The number of hydrogen-bond acceptors (Lipinski definition) is 2. The lowest BCUT2D eigenvalue weighted by atomic mass is 10.0. The lowest BCUT2D eigenvalue weighted by molar-refractivity contribution is 0.286. The summed E-state index contributed by atoms with van der Waals surface area (Å²) >= 11 is 0. The molecule has 6 heteroatoms. The van der Waals surface area contributed by atoms with Crippen LogP contribution in [0.15, 0.2) is 72.8 Å². The van der Waals surface area contributed by atoms with Gasteiger partial charge in [-0.05, 0) is 48.7 Å². The van der Waals surface area contributed by atoms with E-state index in [2.05, 4.69) is 0 Å². The third-order valence-corrected chi connectivity index (χ3v) is 6.14. The Hall–Kier alpha value is -3.80. The van der Waals surface area contributed by atoms with Gasteiger partial charge in [-0.1, -0.05) is 73.9 Å². The van der Waals surface area contributed by atoms with Crippen molar-refractivity contribution < 1.29 is 27.0 Å². The van der Waals surface area contributed by atoms with Crippen LogP contribution in [0.5, 0.6) is 11.5 Å². The van der Waals surface area contributed by atoms with Gasteiger partial charge in [0.25, 0.3) is 0 Å². The number of hydrogen-bond donors (Lipinski definition) is 0. The molecule has 4 aromatic rings. The van der Waals surface area contributed by atoms with Crippen molar-refractivity contribution in [1.82, 2.24) is 0 Å². The van der Waals surface area contributed by atoms with E-state index >= 15 is 0 Å². The zero-order valence-electron chi connectivity index (χ0n) is 20.8. The van der Waals surface area contributed by atoms with E-state index in [4.69, 9.17) is 9.47 Å². The maximum Gasteiger partial charge on any atom is 0.201 e. The summed E-state index contributed by atoms with van der Waals surface area (Å²) in [4.78, 5) is 0. The van der Waals surface area contributed by atoms with Crippen LogP contribution in [0, 0.1) is 30.2 Å². The van der Waals surface area contributed by atoms with Crippen molar-refractivity contribution in [2.24, 2.45) is 0 Å². The number of rotatable bonds is 10. The smallest absolute Gasteiger partial charge is 0.201 e. The van der Waals surface area contributed by atoms with Gasteiger partial charge >= 0.3 is 0 Å². The largest absolute Gasteiger partial charge is 0.490 e. The first-order valence-corrected chi connectivity index (χ1v) is 12.3. The molecule has 0 spiro atoms. The second kappa shape index (κ2) is 12.0. The summed E-state index contributed by atoms with van der Waals surface area (Å²) in [6, 6.07) is 19.4. The molecule has 4 aromatic carbocycles. The fraction of sp³-hybridized carbons (Fsp3) is 0.226. The van der Waals surface area contributed by atoms with Crippen molar-refractivity contribution in [2.75, 3.05) is 6.61 Å². The van der Waals surface area contributed by atoms with Crippen LogP contribution in [-0.2, 0) is 6.61 Å². The van der Waals surface area contributed by atoms with E-state index in [1.54, 1.807) is 36.4 Å². The molecule has 0 N–H and O–H groups in total. The standard InChI is InChI=1S/C31H28F4O2/c1-3-4-5-18-36-27-17-16-26(30(34)31(27)35)22-10-13-24(14-11-22)37-19-23-12-15-25(29(33)28(23)32)21-8-6-20(2)7-9-21/h6-17H,3-5,18-19H2,1-2H3. The highest BCUT2D eigenvalue weighted by Gasteiger charge is 2.17. The Morgan fingerprint density at radius 3 is 1.84 bits per heavy atom. The van der Waals surface area contributed by atoms with Crippen LogP contribution in [0.4, 0.5) is 17.6 Å². The second-order valence-electron chi connectivity index (χ2n) is 8.87. The van der Waals surface area contributed by atoms with E-state index in [1.807, 2.05) is 26.0 Å². The summed E-state index contributed by atoms with van der Waals surface area (Å²) in [5.74, 6) is -3.66.